The maximum atomic E-state index is 13.2. The first kappa shape index (κ1) is 29.3. The Morgan fingerprint density at radius 3 is 2.44 bits per heavy atom. The maximum absolute atomic E-state index is 13.2. The van der Waals surface area contributed by atoms with Gasteiger partial charge in [0.05, 0.1) is 31.4 Å². The number of benzene rings is 2. The lowest BCUT2D eigenvalue weighted by molar-refractivity contribution is -0.137. The number of piperidine rings is 1. The third-order valence-corrected chi connectivity index (χ3v) is 9.33. The minimum absolute atomic E-state index is 0.00352. The molecule has 2 aromatic rings. The molecule has 2 aliphatic carbocycles. The highest BCUT2D eigenvalue weighted by Gasteiger charge is 2.34. The van der Waals surface area contributed by atoms with Crippen molar-refractivity contribution in [1.29, 1.82) is 0 Å². The number of carbonyl (C=O) groups excluding carboxylic acids is 1. The third-order valence-electron chi connectivity index (χ3n) is 9.33. The van der Waals surface area contributed by atoms with E-state index < -0.39 is 5.97 Å². The monoisotopic (exact) mass is 562 g/mol. The van der Waals surface area contributed by atoms with Crippen molar-refractivity contribution in [2.45, 2.75) is 76.5 Å². The van der Waals surface area contributed by atoms with Crippen LogP contribution in [-0.2, 0) is 4.79 Å². The fraction of sp³-hybridized carbons (Fsp3) is 0.588. The quantitative estimate of drug-likeness (QED) is 0.284. The van der Waals surface area contributed by atoms with Gasteiger partial charge in [0.2, 0.25) is 0 Å². The smallest absolute Gasteiger partial charge is 0.303 e. The number of anilines is 1. The zero-order chi connectivity index (χ0) is 28.6. The molecule has 0 spiro atoms. The number of carboxylic acids is 1. The Bertz CT molecular complexity index is 1170. The molecule has 1 heterocycles. The van der Waals surface area contributed by atoms with Crippen LogP contribution in [0.5, 0.6) is 11.5 Å². The van der Waals surface area contributed by atoms with E-state index in [9.17, 15) is 14.7 Å². The standard InChI is InChI=1S/C34H46N2O5/c1-40-28-12-13-30(34(39)35-17-14-24-6-3-2-4-7-24)32(21-28)36-18-15-25(16-19-36)23-41-29-9-5-8-27(20-29)31(22-33(37)38)26-10-11-26/h5,8-9,12-13,20-21,24-26,31H,2-4,6-7,10-11,14-19,22-23H2,1H3,(H,35,39)(H,37,38). The van der Waals surface area contributed by atoms with Crippen LogP contribution in [0.4, 0.5) is 5.69 Å². The molecule has 2 saturated carbocycles. The van der Waals surface area contributed by atoms with Crippen molar-refractivity contribution in [1.82, 2.24) is 5.32 Å². The van der Waals surface area contributed by atoms with E-state index in [0.717, 1.165) is 80.4 Å². The van der Waals surface area contributed by atoms with Crippen LogP contribution in [0.25, 0.3) is 0 Å². The fourth-order valence-electron chi connectivity index (χ4n) is 6.69. The van der Waals surface area contributed by atoms with Crippen molar-refractivity contribution in [3.63, 3.8) is 0 Å². The summed E-state index contributed by atoms with van der Waals surface area (Å²) in [5.74, 6) is 2.55. The summed E-state index contributed by atoms with van der Waals surface area (Å²) in [6.07, 6.45) is 12.0. The van der Waals surface area contributed by atoms with E-state index >= 15 is 0 Å². The van der Waals surface area contributed by atoms with E-state index in [1.165, 1.54) is 32.1 Å². The minimum Gasteiger partial charge on any atom is -0.497 e. The van der Waals surface area contributed by atoms with E-state index in [1.54, 1.807) is 7.11 Å². The van der Waals surface area contributed by atoms with Crippen molar-refractivity contribution in [2.75, 3.05) is 38.3 Å². The Labute approximate surface area is 244 Å². The number of methoxy groups -OCH3 is 1. The van der Waals surface area contributed by atoms with Gasteiger partial charge in [-0.05, 0) is 85.6 Å². The molecule has 0 bridgehead atoms. The number of amides is 1. The lowest BCUT2D eigenvalue weighted by Crippen LogP contribution is -2.37. The van der Waals surface area contributed by atoms with Gasteiger partial charge in [0, 0.05) is 25.7 Å². The molecule has 1 aliphatic heterocycles. The summed E-state index contributed by atoms with van der Waals surface area (Å²) in [6, 6.07) is 13.8. The van der Waals surface area contributed by atoms with Gasteiger partial charge in [0.15, 0.2) is 0 Å². The molecular weight excluding hydrogens is 516 g/mol. The van der Waals surface area contributed by atoms with Gasteiger partial charge in [-0.2, -0.15) is 0 Å². The molecule has 41 heavy (non-hydrogen) atoms. The highest BCUT2D eigenvalue weighted by molar-refractivity contribution is 6.00. The second-order valence-electron chi connectivity index (χ2n) is 12.3. The number of rotatable bonds is 13. The molecule has 2 aromatic carbocycles. The van der Waals surface area contributed by atoms with E-state index in [0.29, 0.717) is 24.0 Å². The summed E-state index contributed by atoms with van der Waals surface area (Å²) in [6.45, 7) is 3.07. The maximum Gasteiger partial charge on any atom is 0.303 e. The highest BCUT2D eigenvalue weighted by Crippen LogP contribution is 2.45. The number of aliphatic carboxylic acids is 1. The van der Waals surface area contributed by atoms with Gasteiger partial charge >= 0.3 is 5.97 Å². The molecule has 1 unspecified atom stereocenters. The van der Waals surface area contributed by atoms with Gasteiger partial charge in [-0.1, -0.05) is 44.2 Å². The Morgan fingerprint density at radius 2 is 1.73 bits per heavy atom. The number of hydrogen-bond acceptors (Lipinski definition) is 5. The Balaban J connectivity index is 1.14. The van der Waals surface area contributed by atoms with Crippen LogP contribution in [0.2, 0.25) is 0 Å². The van der Waals surface area contributed by atoms with Crippen molar-refractivity contribution < 1.29 is 24.2 Å². The highest BCUT2D eigenvalue weighted by atomic mass is 16.5. The second kappa shape index (κ2) is 14.1. The van der Waals surface area contributed by atoms with Gasteiger partial charge in [0.1, 0.15) is 11.5 Å². The van der Waals surface area contributed by atoms with Gasteiger partial charge < -0.3 is 24.8 Å². The SMILES string of the molecule is COc1ccc(C(=O)NCCC2CCCCC2)c(N2CCC(COc3cccc(C(CC(=O)O)C4CC4)c3)CC2)c1. The Kier molecular flexibility index (Phi) is 10.1. The normalized spacial score (nSPS) is 19.0. The number of hydrogen-bond donors (Lipinski definition) is 2. The summed E-state index contributed by atoms with van der Waals surface area (Å²) in [7, 11) is 1.66. The fourth-order valence-corrected chi connectivity index (χ4v) is 6.69. The molecule has 3 fully saturated rings. The average Bonchev–Trinajstić information content (AvgIpc) is 3.85. The molecule has 2 N–H and O–H groups in total. The van der Waals surface area contributed by atoms with Crippen LogP contribution in [0, 0.1) is 17.8 Å². The lowest BCUT2D eigenvalue weighted by Gasteiger charge is -2.34. The van der Waals surface area contributed by atoms with E-state index in [1.807, 2.05) is 42.5 Å². The number of nitrogens with one attached hydrogen (secondary N) is 1. The molecule has 1 amide bonds. The molecular formula is C34H46N2O5. The second-order valence-corrected chi connectivity index (χ2v) is 12.3. The van der Waals surface area contributed by atoms with Gasteiger partial charge in [-0.3, -0.25) is 9.59 Å². The van der Waals surface area contributed by atoms with E-state index in [-0.39, 0.29) is 18.2 Å². The molecule has 222 valence electrons. The largest absolute Gasteiger partial charge is 0.497 e. The number of ether oxygens (including phenoxy) is 2. The summed E-state index contributed by atoms with van der Waals surface area (Å²) in [5, 5.41) is 12.6. The summed E-state index contributed by atoms with van der Waals surface area (Å²) in [5.41, 5.74) is 2.73. The number of nitrogens with zero attached hydrogens (tertiary/aromatic N) is 1. The topological polar surface area (TPSA) is 88.1 Å². The predicted molar refractivity (Wildman–Crippen MR) is 161 cm³/mol. The van der Waals surface area contributed by atoms with E-state index in [2.05, 4.69) is 10.2 Å². The molecule has 0 aromatic heterocycles. The summed E-state index contributed by atoms with van der Waals surface area (Å²) >= 11 is 0. The molecule has 7 heteroatoms. The Hall–Kier alpha value is -3.22. The minimum atomic E-state index is -0.740. The van der Waals surface area contributed by atoms with Crippen LogP contribution in [0.3, 0.4) is 0 Å². The van der Waals surface area contributed by atoms with Crippen molar-refractivity contribution in [2.24, 2.45) is 17.8 Å². The molecule has 1 atom stereocenters. The van der Waals surface area contributed by atoms with Gasteiger partial charge in [-0.25, -0.2) is 0 Å². The van der Waals surface area contributed by atoms with Crippen molar-refractivity contribution >= 4 is 17.6 Å². The van der Waals surface area contributed by atoms with Crippen molar-refractivity contribution in [3.05, 3.63) is 53.6 Å². The lowest BCUT2D eigenvalue weighted by atomic mass is 9.87. The van der Waals surface area contributed by atoms with Crippen LogP contribution in [-0.4, -0.2) is 50.3 Å². The van der Waals surface area contributed by atoms with Crippen LogP contribution >= 0.6 is 0 Å². The summed E-state index contributed by atoms with van der Waals surface area (Å²) in [4.78, 5) is 26.9. The number of carbonyl (C=O) groups is 2. The summed E-state index contributed by atoms with van der Waals surface area (Å²) < 4.78 is 11.7. The van der Waals surface area contributed by atoms with E-state index in [4.69, 9.17) is 9.47 Å². The molecule has 0 radical (unpaired) electrons. The first-order chi connectivity index (χ1) is 20.0. The predicted octanol–water partition coefficient (Wildman–Crippen LogP) is 6.66. The average molecular weight is 563 g/mol. The Morgan fingerprint density at radius 1 is 0.951 bits per heavy atom. The molecule has 1 saturated heterocycles. The van der Waals surface area contributed by atoms with Gasteiger partial charge in [0.25, 0.3) is 5.91 Å². The third kappa shape index (κ3) is 8.17. The van der Waals surface area contributed by atoms with Crippen LogP contribution < -0.4 is 19.7 Å². The molecule has 5 rings (SSSR count). The number of carboxylic acid groups (broad SMARTS) is 1. The van der Waals surface area contributed by atoms with Crippen LogP contribution in [0.1, 0.15) is 92.5 Å². The van der Waals surface area contributed by atoms with Crippen molar-refractivity contribution in [3.8, 4) is 11.5 Å². The first-order valence-corrected chi connectivity index (χ1v) is 15.7. The van der Waals surface area contributed by atoms with Crippen LogP contribution in [0.15, 0.2) is 42.5 Å². The molecule has 7 nitrogen and oxygen atoms in total. The zero-order valence-electron chi connectivity index (χ0n) is 24.5. The van der Waals surface area contributed by atoms with Gasteiger partial charge in [-0.15, -0.1) is 0 Å². The zero-order valence-corrected chi connectivity index (χ0v) is 24.5. The first-order valence-electron chi connectivity index (χ1n) is 15.7. The molecule has 3 aliphatic rings.